The Hall–Kier alpha value is -1.03. The maximum atomic E-state index is 11.3. The summed E-state index contributed by atoms with van der Waals surface area (Å²) in [6.07, 6.45) is -0.418. The third-order valence-electron chi connectivity index (χ3n) is 2.37. The minimum atomic E-state index is -1.31. The van der Waals surface area contributed by atoms with Crippen molar-refractivity contribution in [3.63, 3.8) is 0 Å². The average molecular weight is 387 g/mol. The molecule has 0 aliphatic heterocycles. The largest absolute Gasteiger partial charge is 1.00 e. The molecule has 1 aromatic rings. The summed E-state index contributed by atoms with van der Waals surface area (Å²) in [5, 5.41) is 11.3. The van der Waals surface area contributed by atoms with E-state index in [1.54, 1.807) is 6.07 Å². The molecular formula is C16H23O5Zr. The minimum Gasteiger partial charge on any atom is -0.545 e. The Bertz CT molecular complexity index is 498. The number of rotatable bonds is 7. The number of carboxylic acid groups (broad SMARTS) is 1. The molecule has 1 rings (SSSR count). The molecule has 6 heteroatoms. The van der Waals surface area contributed by atoms with Crippen LogP contribution in [0, 0.1) is 0 Å². The van der Waals surface area contributed by atoms with Crippen molar-refractivity contribution in [1.29, 1.82) is 0 Å². The topological polar surface area (TPSA) is 67.8 Å². The van der Waals surface area contributed by atoms with Crippen LogP contribution in [0.4, 0.5) is 0 Å². The van der Waals surface area contributed by atoms with E-state index in [-0.39, 0.29) is 55.8 Å². The van der Waals surface area contributed by atoms with Gasteiger partial charge in [-0.25, -0.2) is 0 Å². The zero-order valence-electron chi connectivity index (χ0n) is 13.9. The summed E-state index contributed by atoms with van der Waals surface area (Å²) in [5.41, 5.74) is -0.0459. The van der Waals surface area contributed by atoms with E-state index in [0.29, 0.717) is 11.5 Å². The molecule has 0 unspecified atom stereocenters. The molecule has 1 aromatic carbocycles. The molecule has 0 spiro atoms. The van der Waals surface area contributed by atoms with E-state index in [1.165, 1.54) is 6.07 Å². The fourth-order valence-corrected chi connectivity index (χ4v) is 1.75. The first-order chi connectivity index (χ1) is 9.72. The summed E-state index contributed by atoms with van der Waals surface area (Å²) in [4.78, 5) is 11.3. The molecule has 22 heavy (non-hydrogen) atoms. The summed E-state index contributed by atoms with van der Waals surface area (Å²) in [7, 11) is 0. The van der Waals surface area contributed by atoms with Crippen molar-refractivity contribution >= 4 is 5.97 Å². The number of aromatic carboxylic acids is 1. The van der Waals surface area contributed by atoms with E-state index in [0.717, 1.165) is 0 Å². The fourth-order valence-electron chi connectivity index (χ4n) is 1.75. The monoisotopic (exact) mass is 385 g/mol. The first kappa shape index (κ1) is 21.0. The molecule has 1 radical (unpaired) electrons. The van der Waals surface area contributed by atoms with E-state index in [2.05, 4.69) is 0 Å². The first-order valence-electron chi connectivity index (χ1n) is 7.10. The molecular weight excluding hydrogens is 363 g/mol. The van der Waals surface area contributed by atoms with Crippen LogP contribution in [-0.4, -0.2) is 24.3 Å². The van der Waals surface area contributed by atoms with Gasteiger partial charge in [-0.05, 0) is 53.7 Å². The number of carboxylic acids is 1. The van der Waals surface area contributed by atoms with Crippen LogP contribution in [0.2, 0.25) is 0 Å². The average Bonchev–Trinajstić information content (AvgIpc) is 2.31. The molecule has 0 saturated heterocycles. The molecule has 0 fully saturated rings. The van der Waals surface area contributed by atoms with Crippen LogP contribution in [0.5, 0.6) is 17.2 Å². The van der Waals surface area contributed by atoms with Gasteiger partial charge in [-0.2, -0.15) is 0 Å². The van der Waals surface area contributed by atoms with Gasteiger partial charge >= 0.3 is 26.2 Å². The van der Waals surface area contributed by atoms with Crippen molar-refractivity contribution in [3.05, 3.63) is 17.7 Å². The van der Waals surface area contributed by atoms with E-state index < -0.39 is 5.97 Å². The van der Waals surface area contributed by atoms with Crippen LogP contribution in [0.25, 0.3) is 0 Å². The molecule has 0 saturated carbocycles. The summed E-state index contributed by atoms with van der Waals surface area (Å²) in [6.45, 7) is 11.1. The third kappa shape index (κ3) is 6.00. The van der Waals surface area contributed by atoms with Gasteiger partial charge < -0.3 is 24.1 Å². The van der Waals surface area contributed by atoms with Crippen LogP contribution >= 0.6 is 0 Å². The van der Waals surface area contributed by atoms with E-state index in [1.807, 2.05) is 41.5 Å². The molecule has 0 atom stereocenters. The van der Waals surface area contributed by atoms with Gasteiger partial charge in [0.05, 0.1) is 24.3 Å². The normalized spacial score (nSPS) is 10.6. The second-order valence-corrected chi connectivity index (χ2v) is 5.56. The quantitative estimate of drug-likeness (QED) is 0.720. The molecule has 0 aromatic heterocycles. The Morgan fingerprint density at radius 2 is 1.32 bits per heavy atom. The molecule has 121 valence electrons. The Labute approximate surface area is 151 Å². The number of carbonyl (C=O) groups is 1. The SMILES string of the molecule is CC(C)Oc1ccc(C(=O)[O-])c(OC(C)C)c1OC(C)C.[Zr+]. The van der Waals surface area contributed by atoms with E-state index >= 15 is 0 Å². The molecule has 0 amide bonds. The van der Waals surface area contributed by atoms with Gasteiger partial charge in [0, 0.05) is 5.56 Å². The van der Waals surface area contributed by atoms with Gasteiger partial charge in [-0.1, -0.05) is 0 Å². The molecule has 0 heterocycles. The number of benzene rings is 1. The van der Waals surface area contributed by atoms with Crippen molar-refractivity contribution in [2.24, 2.45) is 0 Å². The van der Waals surface area contributed by atoms with Gasteiger partial charge in [-0.3, -0.25) is 0 Å². The number of hydrogen-bond acceptors (Lipinski definition) is 5. The molecule has 0 N–H and O–H groups in total. The second kappa shape index (κ2) is 9.19. The zero-order valence-corrected chi connectivity index (χ0v) is 16.4. The predicted octanol–water partition coefficient (Wildman–Crippen LogP) is 2.41. The number of ether oxygens (including phenoxy) is 3. The fraction of sp³-hybridized carbons (Fsp3) is 0.562. The molecule has 0 aliphatic rings. The Kier molecular flexibility index (Phi) is 8.76. The summed E-state index contributed by atoms with van der Waals surface area (Å²) in [5.74, 6) is -0.402. The van der Waals surface area contributed by atoms with Crippen molar-refractivity contribution in [1.82, 2.24) is 0 Å². The van der Waals surface area contributed by atoms with Gasteiger partial charge in [-0.15, -0.1) is 0 Å². The van der Waals surface area contributed by atoms with Crippen molar-refractivity contribution in [2.45, 2.75) is 59.9 Å². The van der Waals surface area contributed by atoms with Crippen molar-refractivity contribution < 1.29 is 50.3 Å². The smallest absolute Gasteiger partial charge is 0.545 e. The first-order valence-corrected chi connectivity index (χ1v) is 7.10. The van der Waals surface area contributed by atoms with Gasteiger partial charge in [0.25, 0.3) is 0 Å². The standard InChI is InChI=1S/C16H24O5.Zr/c1-9(2)19-13-8-7-12(16(17)18)14(20-10(3)4)15(13)21-11(5)6;/h7-11H,1-6H3,(H,17,18);/q;+1/p-1. The summed E-state index contributed by atoms with van der Waals surface area (Å²) in [6, 6.07) is 2.98. The van der Waals surface area contributed by atoms with Crippen LogP contribution < -0.4 is 19.3 Å². The Morgan fingerprint density at radius 1 is 0.864 bits per heavy atom. The molecule has 0 aliphatic carbocycles. The van der Waals surface area contributed by atoms with Crippen molar-refractivity contribution in [3.8, 4) is 17.2 Å². The van der Waals surface area contributed by atoms with Crippen molar-refractivity contribution in [2.75, 3.05) is 0 Å². The maximum absolute atomic E-state index is 11.3. The minimum absolute atomic E-state index is 0. The predicted molar refractivity (Wildman–Crippen MR) is 78.1 cm³/mol. The van der Waals surface area contributed by atoms with Gasteiger partial charge in [0.1, 0.15) is 0 Å². The van der Waals surface area contributed by atoms with E-state index in [9.17, 15) is 9.90 Å². The second-order valence-electron chi connectivity index (χ2n) is 5.56. The Balaban J connectivity index is 0.00000441. The van der Waals surface area contributed by atoms with Crippen LogP contribution in [-0.2, 0) is 26.2 Å². The van der Waals surface area contributed by atoms with Crippen LogP contribution in [0.3, 0.4) is 0 Å². The summed E-state index contributed by atoms with van der Waals surface area (Å²) >= 11 is 0. The summed E-state index contributed by atoms with van der Waals surface area (Å²) < 4.78 is 17.0. The van der Waals surface area contributed by atoms with E-state index in [4.69, 9.17) is 14.2 Å². The Morgan fingerprint density at radius 3 is 1.73 bits per heavy atom. The number of hydrogen-bond donors (Lipinski definition) is 0. The number of carbonyl (C=O) groups excluding carboxylic acids is 1. The van der Waals surface area contributed by atoms with Crippen LogP contribution in [0.15, 0.2) is 12.1 Å². The van der Waals surface area contributed by atoms with Gasteiger partial charge in [0.15, 0.2) is 11.5 Å². The maximum Gasteiger partial charge on any atom is 1.00 e. The molecule has 0 bridgehead atoms. The third-order valence-corrected chi connectivity index (χ3v) is 2.37. The van der Waals surface area contributed by atoms with Crippen LogP contribution in [0.1, 0.15) is 51.9 Å². The van der Waals surface area contributed by atoms with Gasteiger partial charge in [0.2, 0.25) is 5.75 Å². The zero-order chi connectivity index (χ0) is 16.2. The molecule has 5 nitrogen and oxygen atoms in total.